The normalized spacial score (nSPS) is 27.9. The first kappa shape index (κ1) is 20.7. The molecule has 0 amide bonds. The lowest BCUT2D eigenvalue weighted by Crippen LogP contribution is -2.63. The number of hydrogen-bond acceptors (Lipinski definition) is 3. The van der Waals surface area contributed by atoms with Crippen molar-refractivity contribution in [3.8, 4) is 0 Å². The van der Waals surface area contributed by atoms with Crippen LogP contribution in [0.4, 0.5) is 0 Å². The maximum atomic E-state index is 5.97. The van der Waals surface area contributed by atoms with Gasteiger partial charge in [-0.2, -0.15) is 0 Å². The van der Waals surface area contributed by atoms with E-state index >= 15 is 0 Å². The van der Waals surface area contributed by atoms with Gasteiger partial charge in [-0.05, 0) is 83.6 Å². The zero-order valence-corrected chi connectivity index (χ0v) is 18.5. The van der Waals surface area contributed by atoms with Crippen LogP contribution in [-0.4, -0.2) is 33.2 Å². The Kier molecular flexibility index (Phi) is 6.21. The Labute approximate surface area is 170 Å². The number of nitrogens with one attached hydrogen (secondary N) is 2. The lowest BCUT2D eigenvalue weighted by Gasteiger charge is -2.48. The number of hydrogen-bond donors (Lipinski definition) is 2. The molecular weight excluding hydrogens is 354 g/mol. The van der Waals surface area contributed by atoms with Gasteiger partial charge in [-0.25, -0.2) is 0 Å². The zero-order valence-electron chi connectivity index (χ0n) is 17.7. The minimum atomic E-state index is 0.110. The number of nitrogens with zero attached hydrogens (tertiary/aromatic N) is 1. The second-order valence-corrected chi connectivity index (χ2v) is 10.4. The molecule has 2 unspecified atom stereocenters. The standard InChI is InChI=1S/C22H37N3OS/c1-16-9-6-7-11-19(16)25(15-18-10-8-12-26-18)20(27)23-17-13-21(2,3)24-22(4,5)14-17/h8,10,12,16-17,19,24H,6-7,9,11,13-15H2,1-5H3,(H,23,27). The van der Waals surface area contributed by atoms with Crippen LogP contribution in [0.5, 0.6) is 0 Å². The first-order chi connectivity index (χ1) is 12.7. The quantitative estimate of drug-likeness (QED) is 0.719. The van der Waals surface area contributed by atoms with Gasteiger partial charge in [0, 0.05) is 23.2 Å². The fourth-order valence-electron chi connectivity index (χ4n) is 5.35. The minimum Gasteiger partial charge on any atom is -0.467 e. The van der Waals surface area contributed by atoms with Crippen LogP contribution in [0.1, 0.15) is 78.9 Å². The number of thiocarbonyl (C=S) groups is 1. The van der Waals surface area contributed by atoms with Gasteiger partial charge in [-0.15, -0.1) is 0 Å². The molecule has 1 aromatic heterocycles. The molecule has 152 valence electrons. The van der Waals surface area contributed by atoms with E-state index < -0.39 is 0 Å². The highest BCUT2D eigenvalue weighted by molar-refractivity contribution is 7.80. The molecule has 4 nitrogen and oxygen atoms in total. The third-order valence-corrected chi connectivity index (χ3v) is 6.50. The van der Waals surface area contributed by atoms with Crippen molar-refractivity contribution in [2.75, 3.05) is 0 Å². The second-order valence-electron chi connectivity index (χ2n) is 9.98. The molecule has 2 atom stereocenters. The molecule has 1 aromatic rings. The maximum Gasteiger partial charge on any atom is 0.169 e. The van der Waals surface area contributed by atoms with Gasteiger partial charge in [-0.3, -0.25) is 0 Å². The maximum absolute atomic E-state index is 5.97. The van der Waals surface area contributed by atoms with Crippen molar-refractivity contribution in [2.24, 2.45) is 5.92 Å². The third kappa shape index (κ3) is 5.47. The Hall–Kier alpha value is -1.07. The molecule has 2 heterocycles. The molecule has 0 bridgehead atoms. The van der Waals surface area contributed by atoms with Crippen LogP contribution in [0.3, 0.4) is 0 Å². The lowest BCUT2D eigenvalue weighted by atomic mass is 9.79. The van der Waals surface area contributed by atoms with Crippen LogP contribution in [-0.2, 0) is 6.54 Å². The average molecular weight is 392 g/mol. The smallest absolute Gasteiger partial charge is 0.169 e. The highest BCUT2D eigenvalue weighted by Gasteiger charge is 2.39. The highest BCUT2D eigenvalue weighted by atomic mass is 32.1. The molecule has 2 fully saturated rings. The van der Waals surface area contributed by atoms with Gasteiger partial charge in [0.1, 0.15) is 5.76 Å². The van der Waals surface area contributed by atoms with E-state index in [-0.39, 0.29) is 11.1 Å². The van der Waals surface area contributed by atoms with Crippen LogP contribution in [0, 0.1) is 5.92 Å². The molecule has 2 aliphatic rings. The third-order valence-electron chi connectivity index (χ3n) is 6.15. The van der Waals surface area contributed by atoms with Crippen LogP contribution in [0.15, 0.2) is 22.8 Å². The van der Waals surface area contributed by atoms with E-state index in [0.29, 0.717) is 18.0 Å². The monoisotopic (exact) mass is 391 g/mol. The summed E-state index contributed by atoms with van der Waals surface area (Å²) in [6.07, 6.45) is 9.04. The topological polar surface area (TPSA) is 40.4 Å². The second kappa shape index (κ2) is 8.12. The molecule has 0 spiro atoms. The molecular formula is C22H37N3OS. The molecule has 27 heavy (non-hydrogen) atoms. The molecule has 1 aliphatic carbocycles. The van der Waals surface area contributed by atoms with E-state index in [4.69, 9.17) is 16.6 Å². The van der Waals surface area contributed by atoms with E-state index in [1.165, 1.54) is 25.7 Å². The van der Waals surface area contributed by atoms with Gasteiger partial charge in [0.05, 0.1) is 12.8 Å². The first-order valence-electron chi connectivity index (χ1n) is 10.5. The Morgan fingerprint density at radius 2 is 1.89 bits per heavy atom. The summed E-state index contributed by atoms with van der Waals surface area (Å²) in [5.41, 5.74) is 0.220. The SMILES string of the molecule is CC1CCCCC1N(Cc1ccco1)C(=S)NC1CC(C)(C)NC(C)(C)C1. The fraction of sp³-hybridized carbons (Fsp3) is 0.773. The van der Waals surface area contributed by atoms with E-state index in [9.17, 15) is 0 Å². The zero-order chi connectivity index (χ0) is 19.7. The first-order valence-corrected chi connectivity index (χ1v) is 10.9. The summed E-state index contributed by atoms with van der Waals surface area (Å²) in [6, 6.07) is 4.90. The van der Waals surface area contributed by atoms with Gasteiger partial charge in [0.2, 0.25) is 0 Å². The molecule has 1 saturated heterocycles. The van der Waals surface area contributed by atoms with Crippen molar-refractivity contribution >= 4 is 17.3 Å². The van der Waals surface area contributed by atoms with Crippen LogP contribution >= 0.6 is 12.2 Å². The van der Waals surface area contributed by atoms with Crippen LogP contribution in [0.25, 0.3) is 0 Å². The van der Waals surface area contributed by atoms with Gasteiger partial charge >= 0.3 is 0 Å². The minimum absolute atomic E-state index is 0.110. The van der Waals surface area contributed by atoms with Crippen molar-refractivity contribution in [3.63, 3.8) is 0 Å². The van der Waals surface area contributed by atoms with Crippen molar-refractivity contribution in [3.05, 3.63) is 24.2 Å². The van der Waals surface area contributed by atoms with E-state index in [1.807, 2.05) is 6.07 Å². The Bertz CT molecular complexity index is 610. The van der Waals surface area contributed by atoms with Gasteiger partial charge in [-0.1, -0.05) is 19.8 Å². The van der Waals surface area contributed by atoms with Gasteiger partial charge < -0.3 is 20.0 Å². The predicted molar refractivity (Wildman–Crippen MR) is 116 cm³/mol. The lowest BCUT2D eigenvalue weighted by molar-refractivity contribution is 0.142. The van der Waals surface area contributed by atoms with Crippen molar-refractivity contribution in [2.45, 2.75) is 103 Å². The molecule has 1 aliphatic heterocycles. The van der Waals surface area contributed by atoms with E-state index in [2.05, 4.69) is 56.2 Å². The highest BCUT2D eigenvalue weighted by Crippen LogP contribution is 2.31. The Morgan fingerprint density at radius 1 is 1.22 bits per heavy atom. The molecule has 0 radical (unpaired) electrons. The fourth-order valence-corrected chi connectivity index (χ4v) is 5.72. The number of furan rings is 1. The van der Waals surface area contributed by atoms with Crippen molar-refractivity contribution < 1.29 is 4.42 Å². The summed E-state index contributed by atoms with van der Waals surface area (Å²) < 4.78 is 5.66. The number of piperidine rings is 1. The van der Waals surface area contributed by atoms with Gasteiger partial charge in [0.15, 0.2) is 5.11 Å². The van der Waals surface area contributed by atoms with E-state index in [1.54, 1.807) is 6.26 Å². The average Bonchev–Trinajstić information content (AvgIpc) is 3.03. The summed E-state index contributed by atoms with van der Waals surface area (Å²) in [5.74, 6) is 1.65. The molecule has 2 N–H and O–H groups in total. The van der Waals surface area contributed by atoms with Crippen LogP contribution < -0.4 is 10.6 Å². The summed E-state index contributed by atoms with van der Waals surface area (Å²) >= 11 is 5.97. The Balaban J connectivity index is 1.74. The Morgan fingerprint density at radius 3 is 2.48 bits per heavy atom. The summed E-state index contributed by atoms with van der Waals surface area (Å²) in [6.45, 7) is 12.3. The van der Waals surface area contributed by atoms with Crippen molar-refractivity contribution in [1.29, 1.82) is 0 Å². The number of rotatable bonds is 4. The molecule has 1 saturated carbocycles. The van der Waals surface area contributed by atoms with E-state index in [0.717, 1.165) is 30.3 Å². The predicted octanol–water partition coefficient (Wildman–Crippen LogP) is 4.84. The van der Waals surface area contributed by atoms with Crippen LogP contribution in [0.2, 0.25) is 0 Å². The largest absolute Gasteiger partial charge is 0.467 e. The summed E-state index contributed by atoms with van der Waals surface area (Å²) in [4.78, 5) is 2.40. The summed E-state index contributed by atoms with van der Waals surface area (Å²) in [5, 5.41) is 8.39. The van der Waals surface area contributed by atoms with Gasteiger partial charge in [0.25, 0.3) is 0 Å². The molecule has 0 aromatic carbocycles. The molecule has 5 heteroatoms. The molecule has 3 rings (SSSR count). The van der Waals surface area contributed by atoms with Crippen molar-refractivity contribution in [1.82, 2.24) is 15.5 Å². The summed E-state index contributed by atoms with van der Waals surface area (Å²) in [7, 11) is 0.